The average molecular weight is 5870 g/mol. The van der Waals surface area contributed by atoms with Gasteiger partial charge < -0.3 is 9.88 Å². The summed E-state index contributed by atoms with van der Waals surface area (Å²) in [6.45, 7) is 0. The maximum absolute atomic E-state index is 3.93. The van der Waals surface area contributed by atoms with Crippen LogP contribution in [-0.4, -0.2) is 12.0 Å². The van der Waals surface area contributed by atoms with E-state index in [1.54, 1.807) is 12.4 Å². The zero-order chi connectivity index (χ0) is 9.80. The second-order valence-corrected chi connectivity index (χ2v) is 2.93. The SMILES string of the molecule is CN(c1[c-]cccc1)c1[c-]cncc1.[Y].[Y].[Y].[Y].[Y].[Y].[Y].[Y].[Y].[Y].[Y].[Y].[Y].[Y].[Y].[Y].[Y].[Y].[Y].[Y].[Y].[Y].[Y].[Y].[Y].[Y].[Y].[Y].[Y].[Y].[Y].[Y].[Y].[Y].[Y].[Y].[Y].[Y].[Y].[Y].[Y].[Y].[Y].[Y].[Y].[Y].[Y].[Y].[Y].[Y].[Y].[Y].[Y].[Y].[Y].[Y].[Y].[Y].[Y].[Y].[Y].[Y].[Y].[Y]. The first-order valence-electron chi connectivity index (χ1n) is 4.40. The van der Waals surface area contributed by atoms with Crippen molar-refractivity contribution in [2.75, 3.05) is 11.9 Å². The Kier molecular flexibility index (Phi) is 2260. The second kappa shape index (κ2) is 397. The summed E-state index contributed by atoms with van der Waals surface area (Å²) in [5.41, 5.74) is 2.01. The van der Waals surface area contributed by atoms with E-state index < -0.39 is 0 Å². The molecule has 0 N–H and O–H groups in total. The van der Waals surface area contributed by atoms with Gasteiger partial charge in [-0.05, 0) is 0 Å². The molecule has 0 aliphatic rings. The standard InChI is InChI=1S/C12H10N2.64Y/c1-14(11-5-3-2-4-6-11)12-7-9-13-10-8-12;;;;;;;;;;;;;;;;;;;;;;;;;;;;;;;;;;;;;;;;;;;;;;;;;;;;;;;;;;;;;;;;/h2-5,7,9-10H,1H3;;;;;;;;;;;;;;;;;;;;;;;;;;;;;;;;;;;;;;;;;;;;;;;;;;;;;;;;;;;;;;;;/q-2;;;;;;;;;;;;;;;;;;;;;;;;;;;;;;;;;;;;;;;;;;;;;;;;;;;;;;;;;;;;;;;;. The first-order valence-corrected chi connectivity index (χ1v) is 4.40. The predicted octanol–water partition coefficient (Wildman–Crippen LogP) is 2.29. The first kappa shape index (κ1) is 444. The maximum atomic E-state index is 3.93. The molecule has 0 fully saturated rings. The largest absolute Gasteiger partial charge is 0.402 e. The fourth-order valence-electron chi connectivity index (χ4n) is 1.24. The molecule has 0 spiro atoms. The van der Waals surface area contributed by atoms with Crippen LogP contribution in [0, 0.1) is 12.1 Å². The third-order valence-electron chi connectivity index (χ3n) is 2.02. The number of nitrogens with zero attached hydrogens (tertiary/aromatic N) is 2. The number of rotatable bonds is 2. The van der Waals surface area contributed by atoms with E-state index in [0.717, 1.165) is 11.4 Å². The summed E-state index contributed by atoms with van der Waals surface area (Å²) in [6.07, 6.45) is 3.42. The summed E-state index contributed by atoms with van der Waals surface area (Å²) in [5, 5.41) is 0. The molecule has 262 valence electrons. The molecular formula is C12H10N2Y64-2. The molecule has 0 aliphatic carbocycles. The van der Waals surface area contributed by atoms with Crippen molar-refractivity contribution in [3.05, 3.63) is 54.9 Å². The molecule has 0 saturated carbocycles. The minimum atomic E-state index is 0. The van der Waals surface area contributed by atoms with Gasteiger partial charge in [-0.1, -0.05) is 18.1 Å². The molecule has 78 heavy (non-hydrogen) atoms. The summed E-state index contributed by atoms with van der Waals surface area (Å²) in [4.78, 5) is 5.94. The van der Waals surface area contributed by atoms with Crippen LogP contribution < -0.4 is 4.90 Å². The monoisotopic (exact) mass is 5870 g/mol. The van der Waals surface area contributed by atoms with Gasteiger partial charge in [-0.15, -0.1) is 11.8 Å². The molecule has 0 aliphatic heterocycles. The Balaban J connectivity index is -0.000000000576. The number of benzene rings is 1. The molecule has 64 radical (unpaired) electrons. The van der Waals surface area contributed by atoms with Gasteiger partial charge in [0, 0.05) is 2100 Å². The van der Waals surface area contributed by atoms with Crippen LogP contribution in [0.5, 0.6) is 0 Å². The Bertz CT molecular complexity index is 397. The van der Waals surface area contributed by atoms with Gasteiger partial charge >= 0.3 is 0 Å². The molecule has 1 heterocycles. The van der Waals surface area contributed by atoms with Gasteiger partial charge in [-0.3, -0.25) is 0 Å². The smallest absolute Gasteiger partial charge is 0.00615 e. The molecule has 2 rings (SSSR count). The van der Waals surface area contributed by atoms with E-state index >= 15 is 0 Å². The van der Waals surface area contributed by atoms with Crippen LogP contribution in [0.3, 0.4) is 0 Å². The number of para-hydroxylation sites is 1. The number of anilines is 2. The molecule has 1 aromatic heterocycles. The Labute approximate surface area is 2090 Å². The van der Waals surface area contributed by atoms with Crippen molar-refractivity contribution in [2.45, 2.75) is 0 Å². The third-order valence-corrected chi connectivity index (χ3v) is 2.02. The average Bonchev–Trinajstić information content (AvgIpc) is 2.30. The van der Waals surface area contributed by atoms with Gasteiger partial charge in [0.05, 0.1) is 0 Å². The predicted molar refractivity (Wildman–Crippen MR) is 56.4 cm³/mol. The summed E-state index contributed by atoms with van der Waals surface area (Å²) in [5.74, 6) is 0. The van der Waals surface area contributed by atoms with Crippen LogP contribution >= 0.6 is 0 Å². The zero-order valence-corrected chi connectivity index (χ0v) is 227. The minimum absolute atomic E-state index is 0. The Hall–Kier alpha value is 68.8. The quantitative estimate of drug-likeness (QED) is 0.430. The van der Waals surface area contributed by atoms with Crippen LogP contribution in [0.25, 0.3) is 0 Å². The minimum Gasteiger partial charge on any atom is -0.402 e. The van der Waals surface area contributed by atoms with Crippen molar-refractivity contribution in [1.82, 2.24) is 4.98 Å². The molecule has 0 amide bonds. The van der Waals surface area contributed by atoms with Crippen LogP contribution in [0.1, 0.15) is 0 Å². The van der Waals surface area contributed by atoms with E-state index in [2.05, 4.69) is 17.1 Å². The van der Waals surface area contributed by atoms with E-state index in [0.29, 0.717) is 0 Å². The van der Waals surface area contributed by atoms with Crippen molar-refractivity contribution in [3.8, 4) is 0 Å². The van der Waals surface area contributed by atoms with Gasteiger partial charge in [0.1, 0.15) is 0 Å². The maximum Gasteiger partial charge on any atom is 0.00615 e. The van der Waals surface area contributed by atoms with Gasteiger partial charge in [0.25, 0.3) is 0 Å². The molecule has 2 aromatic rings. The van der Waals surface area contributed by atoms with Crippen molar-refractivity contribution < 1.29 is 2090 Å². The Morgan fingerprint density at radius 2 is 0.372 bits per heavy atom. The Morgan fingerprint density at radius 1 is 0.218 bits per heavy atom. The fraction of sp³-hybridized carbons (Fsp3) is 0.0833. The molecule has 0 saturated heterocycles. The summed E-state index contributed by atoms with van der Waals surface area (Å²) in [6, 6.07) is 16.0. The van der Waals surface area contributed by atoms with Crippen LogP contribution in [-0.2, 0) is 2090 Å². The molecule has 0 bridgehead atoms. The normalized spacial score (nSPS) is 1.76. The molecule has 1 aromatic carbocycles. The molecule has 0 atom stereocenters. The van der Waals surface area contributed by atoms with Crippen LogP contribution in [0.4, 0.5) is 11.4 Å². The number of hydrogen-bond donors (Lipinski definition) is 0. The van der Waals surface area contributed by atoms with E-state index in [-0.39, 0.29) is 2090 Å². The third kappa shape index (κ3) is 348. The van der Waals surface area contributed by atoms with Gasteiger partial charge in [0.15, 0.2) is 0 Å². The number of hydrogen-bond acceptors (Lipinski definition) is 2. The topological polar surface area (TPSA) is 16.1 Å². The van der Waals surface area contributed by atoms with E-state index in [4.69, 9.17) is 0 Å². The Morgan fingerprint density at radius 3 is 0.487 bits per heavy atom. The van der Waals surface area contributed by atoms with Gasteiger partial charge in [-0.2, -0.15) is 30.3 Å². The van der Waals surface area contributed by atoms with Crippen molar-refractivity contribution >= 4 is 11.4 Å². The zero-order valence-electron chi connectivity index (χ0n) is 44.9. The summed E-state index contributed by atoms with van der Waals surface area (Å²) in [7, 11) is 1.98. The van der Waals surface area contributed by atoms with Crippen LogP contribution in [0.2, 0.25) is 0 Å². The van der Waals surface area contributed by atoms with Crippen molar-refractivity contribution in [2.24, 2.45) is 0 Å². The summed E-state index contributed by atoms with van der Waals surface area (Å²) < 4.78 is 0. The second-order valence-electron chi connectivity index (χ2n) is 2.93. The molecule has 66 heteroatoms. The van der Waals surface area contributed by atoms with Crippen molar-refractivity contribution in [3.63, 3.8) is 0 Å². The molecule has 0 unspecified atom stereocenters. The summed E-state index contributed by atoms with van der Waals surface area (Å²) >= 11 is 0. The van der Waals surface area contributed by atoms with E-state index in [1.165, 1.54) is 0 Å². The van der Waals surface area contributed by atoms with Gasteiger partial charge in [0.2, 0.25) is 0 Å². The fourth-order valence-corrected chi connectivity index (χ4v) is 1.24. The van der Waals surface area contributed by atoms with E-state index in [1.807, 2.05) is 42.3 Å². The van der Waals surface area contributed by atoms with E-state index in [9.17, 15) is 0 Å². The number of aromatic nitrogens is 1. The van der Waals surface area contributed by atoms with Crippen molar-refractivity contribution in [1.29, 1.82) is 0 Å². The molecule has 2 nitrogen and oxygen atoms in total. The van der Waals surface area contributed by atoms with Gasteiger partial charge in [-0.25, -0.2) is 6.07 Å². The first-order chi connectivity index (χ1) is 6.88. The molecular weight excluding hydrogens is 5860 g/mol. The number of pyridine rings is 1. The van der Waals surface area contributed by atoms with Crippen LogP contribution in [0.15, 0.2) is 42.7 Å².